The largest absolute Gasteiger partial charge is 0.355 e. The third-order valence-electron chi connectivity index (χ3n) is 5.00. The number of carbonyl (C=O) groups excluding carboxylic acids is 1. The molecule has 6 nitrogen and oxygen atoms in total. The standard InChI is InChI=1S/C21H23N5O/c1-14-8-9-18-17(11-14)20(23-13-22-18)26-10-4-6-16(12-26)21(27)25-19-7-3-5-15(2)24-19/h3,5,7-9,11,13,16H,4,6,10,12H2,1-2H3,(H,24,25,27). The summed E-state index contributed by atoms with van der Waals surface area (Å²) in [4.78, 5) is 28.2. The number of rotatable bonds is 3. The van der Waals surface area contributed by atoms with Crippen LogP contribution in [-0.2, 0) is 4.79 Å². The Balaban J connectivity index is 1.55. The minimum Gasteiger partial charge on any atom is -0.355 e. The van der Waals surface area contributed by atoms with Gasteiger partial charge < -0.3 is 10.2 Å². The van der Waals surface area contributed by atoms with E-state index >= 15 is 0 Å². The number of hydrogen-bond acceptors (Lipinski definition) is 5. The van der Waals surface area contributed by atoms with Crippen molar-refractivity contribution < 1.29 is 4.79 Å². The van der Waals surface area contributed by atoms with Gasteiger partial charge >= 0.3 is 0 Å². The molecule has 138 valence electrons. The molecule has 0 spiro atoms. The second-order valence-electron chi connectivity index (χ2n) is 7.16. The monoisotopic (exact) mass is 361 g/mol. The van der Waals surface area contributed by atoms with E-state index in [0.29, 0.717) is 12.4 Å². The molecule has 3 heterocycles. The molecule has 0 aliphatic carbocycles. The summed E-state index contributed by atoms with van der Waals surface area (Å²) in [5, 5.41) is 4.00. The van der Waals surface area contributed by atoms with E-state index in [1.165, 1.54) is 5.56 Å². The fourth-order valence-electron chi connectivity index (χ4n) is 3.63. The molecule has 0 saturated carbocycles. The molecule has 27 heavy (non-hydrogen) atoms. The van der Waals surface area contributed by atoms with E-state index < -0.39 is 0 Å². The van der Waals surface area contributed by atoms with Gasteiger partial charge in [0.1, 0.15) is 18.0 Å². The van der Waals surface area contributed by atoms with Crippen LogP contribution in [0.5, 0.6) is 0 Å². The zero-order chi connectivity index (χ0) is 18.8. The van der Waals surface area contributed by atoms with Crippen molar-refractivity contribution in [1.29, 1.82) is 0 Å². The zero-order valence-electron chi connectivity index (χ0n) is 15.6. The number of aromatic nitrogens is 3. The number of nitrogens with zero attached hydrogens (tertiary/aromatic N) is 4. The first-order chi connectivity index (χ1) is 13.1. The van der Waals surface area contributed by atoms with Gasteiger partial charge in [0, 0.05) is 24.2 Å². The van der Waals surface area contributed by atoms with E-state index in [1.54, 1.807) is 6.33 Å². The number of nitrogens with one attached hydrogen (secondary N) is 1. The number of aryl methyl sites for hydroxylation is 2. The molecule has 2 aromatic heterocycles. The number of pyridine rings is 1. The van der Waals surface area contributed by atoms with Crippen molar-refractivity contribution in [2.24, 2.45) is 5.92 Å². The highest BCUT2D eigenvalue weighted by molar-refractivity contribution is 5.93. The van der Waals surface area contributed by atoms with Crippen LogP contribution in [0.15, 0.2) is 42.7 Å². The molecular weight excluding hydrogens is 338 g/mol. The van der Waals surface area contributed by atoms with Gasteiger partial charge in [0.05, 0.1) is 11.4 Å². The zero-order valence-corrected chi connectivity index (χ0v) is 15.6. The van der Waals surface area contributed by atoms with Gasteiger partial charge in [-0.15, -0.1) is 0 Å². The third-order valence-corrected chi connectivity index (χ3v) is 5.00. The van der Waals surface area contributed by atoms with Crippen LogP contribution >= 0.6 is 0 Å². The average Bonchev–Trinajstić information content (AvgIpc) is 2.67. The van der Waals surface area contributed by atoms with Crippen LogP contribution in [0.1, 0.15) is 24.1 Å². The summed E-state index contributed by atoms with van der Waals surface area (Å²) in [6.45, 7) is 5.53. The number of amides is 1. The van der Waals surface area contributed by atoms with Crippen molar-refractivity contribution >= 4 is 28.4 Å². The maximum Gasteiger partial charge on any atom is 0.230 e. The van der Waals surface area contributed by atoms with Gasteiger partial charge in [0.25, 0.3) is 0 Å². The Labute approximate surface area is 158 Å². The molecule has 0 bridgehead atoms. The molecule has 1 atom stereocenters. The van der Waals surface area contributed by atoms with Crippen LogP contribution in [0.2, 0.25) is 0 Å². The van der Waals surface area contributed by atoms with Crippen molar-refractivity contribution in [3.05, 3.63) is 54.0 Å². The molecular formula is C21H23N5O. The molecule has 0 radical (unpaired) electrons. The molecule has 4 rings (SSSR count). The van der Waals surface area contributed by atoms with E-state index in [2.05, 4.69) is 44.2 Å². The Hall–Kier alpha value is -3.02. The summed E-state index contributed by atoms with van der Waals surface area (Å²) in [5.74, 6) is 1.46. The number of anilines is 2. The predicted molar refractivity (Wildman–Crippen MR) is 107 cm³/mol. The molecule has 1 fully saturated rings. The topological polar surface area (TPSA) is 71.0 Å². The summed E-state index contributed by atoms with van der Waals surface area (Å²) in [6, 6.07) is 11.8. The summed E-state index contributed by atoms with van der Waals surface area (Å²) in [5.41, 5.74) is 3.00. The molecule has 1 N–H and O–H groups in total. The van der Waals surface area contributed by atoms with E-state index in [1.807, 2.05) is 31.2 Å². The fraction of sp³-hybridized carbons (Fsp3) is 0.333. The first-order valence-corrected chi connectivity index (χ1v) is 9.31. The van der Waals surface area contributed by atoms with E-state index in [0.717, 1.165) is 41.8 Å². The van der Waals surface area contributed by atoms with Crippen LogP contribution < -0.4 is 10.2 Å². The van der Waals surface area contributed by atoms with Crippen LogP contribution in [0.4, 0.5) is 11.6 Å². The van der Waals surface area contributed by atoms with Gasteiger partial charge in [-0.1, -0.05) is 17.7 Å². The smallest absolute Gasteiger partial charge is 0.230 e. The Kier molecular flexibility index (Phi) is 4.71. The van der Waals surface area contributed by atoms with Crippen molar-refractivity contribution in [3.63, 3.8) is 0 Å². The highest BCUT2D eigenvalue weighted by atomic mass is 16.2. The average molecular weight is 361 g/mol. The Bertz CT molecular complexity index is 987. The van der Waals surface area contributed by atoms with Crippen molar-refractivity contribution in [2.45, 2.75) is 26.7 Å². The molecule has 3 aromatic rings. The Morgan fingerprint density at radius 2 is 2.07 bits per heavy atom. The lowest BCUT2D eigenvalue weighted by Gasteiger charge is -2.33. The van der Waals surface area contributed by atoms with Gasteiger partial charge in [-0.05, 0) is 51.0 Å². The normalized spacial score (nSPS) is 17.1. The third kappa shape index (κ3) is 3.74. The number of carbonyl (C=O) groups is 1. The number of hydrogen-bond donors (Lipinski definition) is 1. The number of fused-ring (bicyclic) bond motifs is 1. The second-order valence-corrected chi connectivity index (χ2v) is 7.16. The van der Waals surface area contributed by atoms with Crippen LogP contribution in [0, 0.1) is 19.8 Å². The SMILES string of the molecule is Cc1ccc2ncnc(N3CCCC(C(=O)Nc4cccc(C)n4)C3)c2c1. The molecule has 1 aliphatic heterocycles. The fourth-order valence-corrected chi connectivity index (χ4v) is 3.63. The number of benzene rings is 1. The summed E-state index contributed by atoms with van der Waals surface area (Å²) in [6.07, 6.45) is 3.43. The van der Waals surface area contributed by atoms with Crippen molar-refractivity contribution in [3.8, 4) is 0 Å². The first-order valence-electron chi connectivity index (χ1n) is 9.31. The maximum absolute atomic E-state index is 12.8. The van der Waals surface area contributed by atoms with Gasteiger partial charge in [0.2, 0.25) is 5.91 Å². The molecule has 6 heteroatoms. The summed E-state index contributed by atoms with van der Waals surface area (Å²) in [7, 11) is 0. The highest BCUT2D eigenvalue weighted by Gasteiger charge is 2.27. The van der Waals surface area contributed by atoms with Gasteiger partial charge in [-0.2, -0.15) is 0 Å². The minimum atomic E-state index is -0.0871. The maximum atomic E-state index is 12.8. The lowest BCUT2D eigenvalue weighted by Crippen LogP contribution is -2.41. The van der Waals surface area contributed by atoms with Gasteiger partial charge in [-0.25, -0.2) is 15.0 Å². The molecule has 1 aromatic carbocycles. The highest BCUT2D eigenvalue weighted by Crippen LogP contribution is 2.28. The van der Waals surface area contributed by atoms with Crippen LogP contribution in [0.25, 0.3) is 10.9 Å². The predicted octanol–water partition coefficient (Wildman–Crippen LogP) is 3.50. The van der Waals surface area contributed by atoms with Crippen molar-refractivity contribution in [1.82, 2.24) is 15.0 Å². The minimum absolute atomic E-state index is 0.0207. The number of piperidine rings is 1. The van der Waals surface area contributed by atoms with Crippen molar-refractivity contribution in [2.75, 3.05) is 23.3 Å². The van der Waals surface area contributed by atoms with Gasteiger partial charge in [-0.3, -0.25) is 4.79 Å². The Morgan fingerprint density at radius 3 is 2.93 bits per heavy atom. The Morgan fingerprint density at radius 1 is 1.19 bits per heavy atom. The van der Waals surface area contributed by atoms with Crippen LogP contribution in [0.3, 0.4) is 0 Å². The lowest BCUT2D eigenvalue weighted by atomic mass is 9.96. The van der Waals surface area contributed by atoms with E-state index in [-0.39, 0.29) is 11.8 Å². The quantitative estimate of drug-likeness (QED) is 0.773. The molecule has 1 amide bonds. The first kappa shape index (κ1) is 17.4. The lowest BCUT2D eigenvalue weighted by molar-refractivity contribution is -0.120. The molecule has 1 aliphatic rings. The van der Waals surface area contributed by atoms with E-state index in [4.69, 9.17) is 0 Å². The van der Waals surface area contributed by atoms with Gasteiger partial charge in [0.15, 0.2) is 0 Å². The molecule has 1 saturated heterocycles. The molecule has 1 unspecified atom stereocenters. The second kappa shape index (κ2) is 7.31. The summed E-state index contributed by atoms with van der Waals surface area (Å²) >= 11 is 0. The summed E-state index contributed by atoms with van der Waals surface area (Å²) < 4.78 is 0. The van der Waals surface area contributed by atoms with E-state index in [9.17, 15) is 4.79 Å². The van der Waals surface area contributed by atoms with Crippen LogP contribution in [-0.4, -0.2) is 33.9 Å².